The molecule has 0 bridgehead atoms. The Bertz CT molecular complexity index is 1010. The lowest BCUT2D eigenvalue weighted by molar-refractivity contribution is -0.307. The molecule has 0 aliphatic carbocycles. The number of hydrogen-bond acceptors (Lipinski definition) is 6. The van der Waals surface area contributed by atoms with Crippen molar-refractivity contribution in [3.05, 3.63) is 59.9 Å². The van der Waals surface area contributed by atoms with Crippen molar-refractivity contribution >= 4 is 16.9 Å². The van der Waals surface area contributed by atoms with Crippen molar-refractivity contribution in [2.75, 3.05) is 6.61 Å². The van der Waals surface area contributed by atoms with Gasteiger partial charge in [0.15, 0.2) is 0 Å². The van der Waals surface area contributed by atoms with E-state index in [1.807, 2.05) is 31.2 Å². The second-order valence-corrected chi connectivity index (χ2v) is 6.87. The average Bonchev–Trinajstić information content (AvgIpc) is 2.67. The molecule has 1 unspecified atom stereocenters. The van der Waals surface area contributed by atoms with Crippen LogP contribution in [0.5, 0.6) is 5.75 Å². The summed E-state index contributed by atoms with van der Waals surface area (Å²) in [5.41, 5.74) is 2.71. The molecule has 0 aliphatic rings. The quantitative estimate of drug-likeness (QED) is 0.602. The van der Waals surface area contributed by atoms with E-state index in [0.717, 1.165) is 16.5 Å². The smallest absolute Gasteiger partial charge is 0.149 e. The van der Waals surface area contributed by atoms with Crippen LogP contribution in [0.2, 0.25) is 0 Å². The SMILES string of the molecule is Cc1c(OCC(O)C[C@@H](O)CC(=O)[O-])c(-c2ccc(F)cc2)nc2ccccc12. The van der Waals surface area contributed by atoms with Crippen molar-refractivity contribution in [1.82, 2.24) is 4.98 Å². The van der Waals surface area contributed by atoms with Crippen molar-refractivity contribution in [1.29, 1.82) is 0 Å². The molecule has 29 heavy (non-hydrogen) atoms. The van der Waals surface area contributed by atoms with Gasteiger partial charge in [0.2, 0.25) is 0 Å². The van der Waals surface area contributed by atoms with Crippen LogP contribution in [0.3, 0.4) is 0 Å². The number of pyridine rings is 1. The number of hydrogen-bond donors (Lipinski definition) is 2. The molecular weight excluding hydrogens is 377 g/mol. The molecule has 0 saturated heterocycles. The summed E-state index contributed by atoms with van der Waals surface area (Å²) in [5.74, 6) is -1.33. The van der Waals surface area contributed by atoms with E-state index in [0.29, 0.717) is 17.0 Å². The highest BCUT2D eigenvalue weighted by molar-refractivity contribution is 5.88. The highest BCUT2D eigenvalue weighted by atomic mass is 19.1. The molecule has 0 radical (unpaired) electrons. The molecule has 6 nitrogen and oxygen atoms in total. The summed E-state index contributed by atoms with van der Waals surface area (Å²) in [6.45, 7) is 1.70. The minimum atomic E-state index is -1.39. The van der Waals surface area contributed by atoms with Gasteiger partial charge in [-0.05, 0) is 37.3 Å². The lowest BCUT2D eigenvalue weighted by atomic mass is 10.0. The molecule has 1 aromatic heterocycles. The van der Waals surface area contributed by atoms with Gasteiger partial charge in [-0.3, -0.25) is 0 Å². The Morgan fingerprint density at radius 2 is 1.83 bits per heavy atom. The summed E-state index contributed by atoms with van der Waals surface area (Å²) in [6.07, 6.45) is -3.05. The molecule has 3 rings (SSSR count). The Hall–Kier alpha value is -3.03. The number of benzene rings is 2. The second kappa shape index (κ2) is 8.98. The first-order valence-electron chi connectivity index (χ1n) is 9.19. The Balaban J connectivity index is 1.90. The zero-order valence-corrected chi connectivity index (χ0v) is 15.8. The van der Waals surface area contributed by atoms with Crippen LogP contribution in [0.15, 0.2) is 48.5 Å². The molecule has 0 amide bonds. The largest absolute Gasteiger partial charge is 0.550 e. The Kier molecular flexibility index (Phi) is 6.41. The van der Waals surface area contributed by atoms with Crippen molar-refractivity contribution in [2.45, 2.75) is 32.0 Å². The minimum Gasteiger partial charge on any atom is -0.550 e. The number of fused-ring (bicyclic) bond motifs is 1. The number of carboxylic acid groups (broad SMARTS) is 1. The molecule has 2 aromatic carbocycles. The standard InChI is InChI=1S/C22H22FNO5/c1-13-18-4-2-3-5-19(18)24-21(14-6-8-15(23)9-7-14)22(13)29-12-17(26)10-16(25)11-20(27)28/h2-9,16-17,25-26H,10-12H2,1H3,(H,27,28)/p-1/t16-,17?/m1/s1. The van der Waals surface area contributed by atoms with Crippen LogP contribution in [0.1, 0.15) is 18.4 Å². The summed E-state index contributed by atoms with van der Waals surface area (Å²) < 4.78 is 19.2. The second-order valence-electron chi connectivity index (χ2n) is 6.87. The summed E-state index contributed by atoms with van der Waals surface area (Å²) >= 11 is 0. The lowest BCUT2D eigenvalue weighted by Gasteiger charge is -2.20. The van der Waals surface area contributed by atoms with Crippen LogP contribution in [0.4, 0.5) is 4.39 Å². The predicted octanol–water partition coefficient (Wildman–Crippen LogP) is 1.98. The monoisotopic (exact) mass is 398 g/mol. The highest BCUT2D eigenvalue weighted by Gasteiger charge is 2.18. The van der Waals surface area contributed by atoms with Gasteiger partial charge in [0.05, 0.1) is 17.7 Å². The number of aromatic nitrogens is 1. The van der Waals surface area contributed by atoms with Gasteiger partial charge in [0, 0.05) is 35.3 Å². The number of aliphatic hydroxyl groups excluding tert-OH is 2. The number of halogens is 1. The molecule has 152 valence electrons. The van der Waals surface area contributed by atoms with Crippen LogP contribution in [0.25, 0.3) is 22.2 Å². The maximum atomic E-state index is 13.3. The average molecular weight is 398 g/mol. The Labute approximate surface area is 167 Å². The van der Waals surface area contributed by atoms with E-state index >= 15 is 0 Å². The fourth-order valence-electron chi connectivity index (χ4n) is 3.18. The summed E-state index contributed by atoms with van der Waals surface area (Å²) in [7, 11) is 0. The number of rotatable bonds is 8. The van der Waals surface area contributed by atoms with E-state index in [1.165, 1.54) is 12.1 Å². The van der Waals surface area contributed by atoms with Gasteiger partial charge in [0.25, 0.3) is 0 Å². The van der Waals surface area contributed by atoms with Crippen LogP contribution in [-0.2, 0) is 4.79 Å². The molecule has 7 heteroatoms. The maximum Gasteiger partial charge on any atom is 0.149 e. The fraction of sp³-hybridized carbons (Fsp3) is 0.273. The zero-order valence-electron chi connectivity index (χ0n) is 15.8. The first-order chi connectivity index (χ1) is 13.8. The maximum absolute atomic E-state index is 13.3. The van der Waals surface area contributed by atoms with E-state index in [2.05, 4.69) is 4.98 Å². The molecule has 3 aromatic rings. The number of carboxylic acids is 1. The van der Waals surface area contributed by atoms with Gasteiger partial charge in [-0.15, -0.1) is 0 Å². The number of nitrogens with zero attached hydrogens (tertiary/aromatic N) is 1. The van der Waals surface area contributed by atoms with Crippen molar-refractivity contribution in [3.8, 4) is 17.0 Å². The fourth-order valence-corrected chi connectivity index (χ4v) is 3.18. The molecule has 0 saturated carbocycles. The third-order valence-corrected chi connectivity index (χ3v) is 4.58. The molecule has 2 N–H and O–H groups in total. The van der Waals surface area contributed by atoms with Crippen LogP contribution >= 0.6 is 0 Å². The first kappa shape index (κ1) is 20.7. The van der Waals surface area contributed by atoms with Gasteiger partial charge < -0.3 is 24.9 Å². The molecular formula is C22H21FNO5-. The van der Waals surface area contributed by atoms with Crippen molar-refractivity contribution < 1.29 is 29.2 Å². The van der Waals surface area contributed by atoms with Gasteiger partial charge in [-0.2, -0.15) is 0 Å². The first-order valence-corrected chi connectivity index (χ1v) is 9.19. The number of carbonyl (C=O) groups excluding carboxylic acids is 1. The third-order valence-electron chi connectivity index (χ3n) is 4.58. The number of ether oxygens (including phenoxy) is 1. The van der Waals surface area contributed by atoms with E-state index < -0.39 is 24.6 Å². The highest BCUT2D eigenvalue weighted by Crippen LogP contribution is 2.36. The summed E-state index contributed by atoms with van der Waals surface area (Å²) in [6, 6.07) is 13.4. The number of aliphatic hydroxyl groups is 2. The van der Waals surface area contributed by atoms with Crippen molar-refractivity contribution in [2.24, 2.45) is 0 Å². The Morgan fingerprint density at radius 3 is 2.52 bits per heavy atom. The van der Waals surface area contributed by atoms with E-state index in [-0.39, 0.29) is 18.8 Å². The summed E-state index contributed by atoms with van der Waals surface area (Å²) in [4.78, 5) is 15.2. The number of para-hydroxylation sites is 1. The number of carbonyl (C=O) groups is 1. The molecule has 0 fully saturated rings. The Morgan fingerprint density at radius 1 is 1.14 bits per heavy atom. The van der Waals surface area contributed by atoms with Crippen LogP contribution in [0, 0.1) is 12.7 Å². The third kappa shape index (κ3) is 5.07. The normalized spacial score (nSPS) is 13.2. The number of aryl methyl sites for hydroxylation is 1. The van der Waals surface area contributed by atoms with Gasteiger partial charge in [0.1, 0.15) is 23.9 Å². The van der Waals surface area contributed by atoms with Gasteiger partial charge >= 0.3 is 0 Å². The summed E-state index contributed by atoms with van der Waals surface area (Å²) in [5, 5.41) is 31.2. The molecule has 2 atom stereocenters. The van der Waals surface area contributed by atoms with E-state index in [1.54, 1.807) is 12.1 Å². The topological polar surface area (TPSA) is 103 Å². The predicted molar refractivity (Wildman–Crippen MR) is 104 cm³/mol. The van der Waals surface area contributed by atoms with E-state index in [4.69, 9.17) is 4.74 Å². The minimum absolute atomic E-state index is 0.167. The molecule has 0 aliphatic heterocycles. The number of aliphatic carboxylic acids is 1. The molecule has 0 spiro atoms. The van der Waals surface area contributed by atoms with Gasteiger partial charge in [-0.1, -0.05) is 18.2 Å². The zero-order chi connectivity index (χ0) is 21.0. The van der Waals surface area contributed by atoms with Crippen LogP contribution in [-0.4, -0.2) is 40.0 Å². The van der Waals surface area contributed by atoms with Crippen LogP contribution < -0.4 is 9.84 Å². The van der Waals surface area contributed by atoms with E-state index in [9.17, 15) is 24.5 Å². The molecule has 1 heterocycles. The van der Waals surface area contributed by atoms with Crippen molar-refractivity contribution in [3.63, 3.8) is 0 Å². The lowest BCUT2D eigenvalue weighted by Crippen LogP contribution is -2.31. The van der Waals surface area contributed by atoms with Gasteiger partial charge in [-0.25, -0.2) is 9.37 Å².